The molecule has 1 fully saturated rings. The molecule has 3 heterocycles. The van der Waals surface area contributed by atoms with Gasteiger partial charge in [0.25, 0.3) is 0 Å². The van der Waals surface area contributed by atoms with Crippen LogP contribution < -0.4 is 0 Å². The molecule has 2 aromatic heterocycles. The molecule has 2 aliphatic rings. The fourth-order valence-corrected chi connectivity index (χ4v) is 6.60. The highest BCUT2D eigenvalue weighted by Gasteiger charge is 2.35. The van der Waals surface area contributed by atoms with E-state index in [2.05, 4.69) is 34.1 Å². The van der Waals surface area contributed by atoms with E-state index in [-0.39, 0.29) is 18.2 Å². The largest absolute Gasteiger partial charge is 0.481 e. The minimum Gasteiger partial charge on any atom is -0.481 e. The second-order valence-corrected chi connectivity index (χ2v) is 11.1. The summed E-state index contributed by atoms with van der Waals surface area (Å²) in [5.41, 5.74) is 3.98. The smallest absolute Gasteiger partial charge is 0.303 e. The SMILES string of the molecule is CC1C=C(c2cnc3c(C#N)nn(C(C)c4ccc(Cl)cc4Cl)c3n2)CCC1N1CCC[C@H]1CCC(=O)O. The molecule has 38 heavy (non-hydrogen) atoms. The fourth-order valence-electron chi connectivity index (χ4n) is 6.03. The maximum atomic E-state index is 11.1. The molecule has 1 aliphatic heterocycles. The van der Waals surface area contributed by atoms with Crippen molar-refractivity contribution in [2.24, 2.45) is 5.92 Å². The number of halogens is 2. The molecule has 1 saturated heterocycles. The van der Waals surface area contributed by atoms with Crippen LogP contribution >= 0.6 is 23.2 Å². The third kappa shape index (κ3) is 5.15. The van der Waals surface area contributed by atoms with Crippen LogP contribution in [0, 0.1) is 17.2 Å². The van der Waals surface area contributed by atoms with Gasteiger partial charge in [0.2, 0.25) is 0 Å². The highest BCUT2D eigenvalue weighted by atomic mass is 35.5. The summed E-state index contributed by atoms with van der Waals surface area (Å²) in [6.07, 6.45) is 8.96. The first-order valence-electron chi connectivity index (χ1n) is 13.1. The van der Waals surface area contributed by atoms with Crippen molar-refractivity contribution in [3.8, 4) is 6.07 Å². The van der Waals surface area contributed by atoms with Crippen molar-refractivity contribution in [3.63, 3.8) is 0 Å². The third-order valence-electron chi connectivity index (χ3n) is 7.94. The van der Waals surface area contributed by atoms with E-state index in [1.807, 2.05) is 13.0 Å². The lowest BCUT2D eigenvalue weighted by atomic mass is 9.84. The van der Waals surface area contributed by atoms with Gasteiger partial charge in [-0.05, 0) is 74.8 Å². The molecule has 5 rings (SSSR count). The molecule has 0 bridgehead atoms. The molecule has 0 saturated carbocycles. The number of carbonyl (C=O) groups is 1. The maximum absolute atomic E-state index is 11.1. The molecule has 0 radical (unpaired) electrons. The number of carboxylic acid groups (broad SMARTS) is 1. The van der Waals surface area contributed by atoms with E-state index in [0.717, 1.165) is 49.1 Å². The second kappa shape index (κ2) is 11.0. The Kier molecular flexibility index (Phi) is 7.71. The van der Waals surface area contributed by atoms with E-state index < -0.39 is 5.97 Å². The van der Waals surface area contributed by atoms with Gasteiger partial charge in [-0.1, -0.05) is 42.3 Å². The maximum Gasteiger partial charge on any atom is 0.303 e. The van der Waals surface area contributed by atoms with Gasteiger partial charge < -0.3 is 5.11 Å². The van der Waals surface area contributed by atoms with Crippen LogP contribution in [0.4, 0.5) is 0 Å². The Balaban J connectivity index is 1.44. The Morgan fingerprint density at radius 2 is 2.13 bits per heavy atom. The molecule has 1 aliphatic carbocycles. The van der Waals surface area contributed by atoms with Crippen LogP contribution in [0.25, 0.3) is 16.7 Å². The van der Waals surface area contributed by atoms with Gasteiger partial charge in [-0.2, -0.15) is 10.4 Å². The lowest BCUT2D eigenvalue weighted by Crippen LogP contribution is -2.43. The van der Waals surface area contributed by atoms with Gasteiger partial charge in [0, 0.05) is 28.5 Å². The van der Waals surface area contributed by atoms with E-state index >= 15 is 0 Å². The average molecular weight is 553 g/mol. The van der Waals surface area contributed by atoms with Gasteiger partial charge in [-0.25, -0.2) is 14.6 Å². The number of likely N-dealkylation sites (tertiary alicyclic amines) is 1. The van der Waals surface area contributed by atoms with Crippen molar-refractivity contribution in [1.29, 1.82) is 5.26 Å². The number of rotatable bonds is 7. The average Bonchev–Trinajstić information content (AvgIpc) is 3.51. The minimum absolute atomic E-state index is 0.219. The monoisotopic (exact) mass is 552 g/mol. The van der Waals surface area contributed by atoms with Crippen molar-refractivity contribution in [2.75, 3.05) is 6.54 Å². The van der Waals surface area contributed by atoms with E-state index in [9.17, 15) is 10.1 Å². The molecule has 4 atom stereocenters. The Hall–Kier alpha value is -2.99. The number of benzene rings is 1. The summed E-state index contributed by atoms with van der Waals surface area (Å²) in [5, 5.41) is 24.4. The fraction of sp³-hybridized carbons (Fsp3) is 0.464. The molecule has 0 amide bonds. The topological polar surface area (TPSA) is 108 Å². The molecule has 1 N–H and O–H groups in total. The molecule has 1 aromatic carbocycles. The van der Waals surface area contributed by atoms with Crippen LogP contribution in [-0.4, -0.2) is 54.4 Å². The van der Waals surface area contributed by atoms with Gasteiger partial charge in [0.15, 0.2) is 11.3 Å². The van der Waals surface area contributed by atoms with Crippen molar-refractivity contribution < 1.29 is 9.90 Å². The lowest BCUT2D eigenvalue weighted by molar-refractivity contribution is -0.137. The quantitative estimate of drug-likeness (QED) is 0.375. The third-order valence-corrected chi connectivity index (χ3v) is 8.50. The summed E-state index contributed by atoms with van der Waals surface area (Å²) in [5.74, 6) is -0.427. The van der Waals surface area contributed by atoms with Crippen molar-refractivity contribution >= 4 is 45.9 Å². The van der Waals surface area contributed by atoms with Crippen LogP contribution in [0.15, 0.2) is 30.5 Å². The van der Waals surface area contributed by atoms with Gasteiger partial charge in [-0.15, -0.1) is 0 Å². The summed E-state index contributed by atoms with van der Waals surface area (Å²) < 4.78 is 1.71. The minimum atomic E-state index is -0.726. The molecule has 3 unspecified atom stereocenters. The molecule has 198 valence electrons. The number of nitrogens with zero attached hydrogens (tertiary/aromatic N) is 6. The van der Waals surface area contributed by atoms with Gasteiger partial charge in [0.05, 0.1) is 17.9 Å². The molecule has 0 spiro atoms. The van der Waals surface area contributed by atoms with E-state index in [1.165, 1.54) is 0 Å². The predicted octanol–water partition coefficient (Wildman–Crippen LogP) is 6.13. The summed E-state index contributed by atoms with van der Waals surface area (Å²) in [6, 6.07) is 7.92. The van der Waals surface area contributed by atoms with E-state index in [0.29, 0.717) is 45.6 Å². The molecule has 3 aromatic rings. The predicted molar refractivity (Wildman–Crippen MR) is 147 cm³/mol. The zero-order valence-corrected chi connectivity index (χ0v) is 23.0. The van der Waals surface area contributed by atoms with Crippen molar-refractivity contribution in [1.82, 2.24) is 24.6 Å². The first kappa shape index (κ1) is 26.6. The molecule has 10 heteroatoms. The van der Waals surface area contributed by atoms with Gasteiger partial charge >= 0.3 is 5.97 Å². The number of fused-ring (bicyclic) bond motifs is 1. The second-order valence-electron chi connectivity index (χ2n) is 10.3. The molecular weight excluding hydrogens is 523 g/mol. The Bertz CT molecular complexity index is 1450. The van der Waals surface area contributed by atoms with Gasteiger partial charge in [0.1, 0.15) is 11.6 Å². The first-order valence-corrected chi connectivity index (χ1v) is 13.8. The summed E-state index contributed by atoms with van der Waals surface area (Å²) in [4.78, 5) is 23.2. The number of aliphatic carboxylic acids is 1. The van der Waals surface area contributed by atoms with Crippen molar-refractivity contribution in [3.05, 3.63) is 57.5 Å². The van der Waals surface area contributed by atoms with Crippen LogP contribution in [0.1, 0.15) is 75.4 Å². The van der Waals surface area contributed by atoms with Crippen LogP contribution in [0.3, 0.4) is 0 Å². The number of carboxylic acids is 1. The van der Waals surface area contributed by atoms with E-state index in [4.69, 9.17) is 33.3 Å². The van der Waals surface area contributed by atoms with Gasteiger partial charge in [-0.3, -0.25) is 9.69 Å². The number of allylic oxidation sites excluding steroid dienone is 1. The summed E-state index contributed by atoms with van der Waals surface area (Å²) >= 11 is 12.6. The van der Waals surface area contributed by atoms with Crippen LogP contribution in [0.5, 0.6) is 0 Å². The normalized spacial score (nSPS) is 22.8. The zero-order valence-electron chi connectivity index (χ0n) is 21.4. The Morgan fingerprint density at radius 1 is 1.32 bits per heavy atom. The highest BCUT2D eigenvalue weighted by Crippen LogP contribution is 2.37. The van der Waals surface area contributed by atoms with Crippen LogP contribution in [-0.2, 0) is 4.79 Å². The lowest BCUT2D eigenvalue weighted by Gasteiger charge is -2.38. The van der Waals surface area contributed by atoms with E-state index in [1.54, 1.807) is 23.0 Å². The van der Waals surface area contributed by atoms with Crippen LogP contribution in [0.2, 0.25) is 10.0 Å². The standard InChI is InChI=1S/C28H30Cl2N6O2/c1-16-12-18(5-9-25(16)35-11-3-4-20(35)7-10-26(37)38)24-15-32-27-23(14-31)34-36(28(27)33-24)17(2)21-8-6-19(29)13-22(21)30/h6,8,12-13,15-17,20,25H,3-5,7,9-11H2,1-2H3,(H,37,38)/t16?,17?,20-,25?/m0/s1. The Morgan fingerprint density at radius 3 is 2.84 bits per heavy atom. The number of hydrogen-bond acceptors (Lipinski definition) is 6. The summed E-state index contributed by atoms with van der Waals surface area (Å²) in [7, 11) is 0. The molecular formula is C28H30Cl2N6O2. The number of nitriles is 1. The number of hydrogen-bond donors (Lipinski definition) is 1. The Labute approximate surface area is 231 Å². The highest BCUT2D eigenvalue weighted by molar-refractivity contribution is 6.35. The van der Waals surface area contributed by atoms with Crippen molar-refractivity contribution in [2.45, 2.75) is 70.5 Å². The zero-order chi connectivity index (χ0) is 27.0. The molecule has 8 nitrogen and oxygen atoms in total. The number of aromatic nitrogens is 4. The first-order chi connectivity index (χ1) is 18.3. The summed E-state index contributed by atoms with van der Waals surface area (Å²) in [6.45, 7) is 5.21.